The van der Waals surface area contributed by atoms with Gasteiger partial charge in [0.15, 0.2) is 0 Å². The third-order valence-electron chi connectivity index (χ3n) is 5.30. The van der Waals surface area contributed by atoms with Crippen molar-refractivity contribution in [2.45, 2.75) is 39.2 Å². The van der Waals surface area contributed by atoms with Gasteiger partial charge in [0.25, 0.3) is 0 Å². The summed E-state index contributed by atoms with van der Waals surface area (Å²) in [7, 11) is 0. The highest BCUT2D eigenvalue weighted by Gasteiger charge is 2.54. The topological polar surface area (TPSA) is 63.6 Å². The lowest BCUT2D eigenvalue weighted by molar-refractivity contribution is -0.0322. The Labute approximate surface area is 124 Å². The predicted octanol–water partition coefficient (Wildman–Crippen LogP) is 3.37. The average Bonchev–Trinajstić information content (AvgIpc) is 3.01. The number of carbonyl (C=O) groups is 2. The number of esters is 1. The fraction of sp³-hybridized carbons (Fsp3) is 0.529. The number of hydrogen-bond donors (Lipinski definition) is 1. The van der Waals surface area contributed by atoms with Gasteiger partial charge in [0, 0.05) is 5.41 Å². The van der Waals surface area contributed by atoms with Gasteiger partial charge in [-0.3, -0.25) is 0 Å². The van der Waals surface area contributed by atoms with Crippen molar-refractivity contribution in [3.05, 3.63) is 35.4 Å². The maximum Gasteiger partial charge on any atom is 0.339 e. The molecule has 1 N–H and O–H groups in total. The molecule has 3 rings (SSSR count). The molecule has 2 aliphatic carbocycles. The minimum absolute atomic E-state index is 0.00321. The van der Waals surface area contributed by atoms with Crippen molar-refractivity contribution >= 4 is 11.9 Å². The highest BCUT2D eigenvalue weighted by Crippen LogP contribution is 2.56. The average molecular weight is 288 g/mol. The summed E-state index contributed by atoms with van der Waals surface area (Å²) < 4.78 is 5.74. The van der Waals surface area contributed by atoms with E-state index in [4.69, 9.17) is 4.74 Å². The quantitative estimate of drug-likeness (QED) is 0.866. The molecule has 2 aliphatic rings. The third-order valence-corrected chi connectivity index (χ3v) is 5.30. The van der Waals surface area contributed by atoms with E-state index in [0.29, 0.717) is 11.8 Å². The fourth-order valence-electron chi connectivity index (χ4n) is 4.08. The van der Waals surface area contributed by atoms with Crippen molar-refractivity contribution in [1.82, 2.24) is 0 Å². The summed E-state index contributed by atoms with van der Waals surface area (Å²) in [6.45, 7) is 4.30. The Morgan fingerprint density at radius 2 is 1.86 bits per heavy atom. The van der Waals surface area contributed by atoms with Crippen LogP contribution in [0.5, 0.6) is 0 Å². The molecule has 1 aromatic carbocycles. The number of hydrogen-bond acceptors (Lipinski definition) is 3. The van der Waals surface area contributed by atoms with Crippen molar-refractivity contribution in [3.8, 4) is 0 Å². The SMILES string of the molecule is CC1(C)[C@H]2CC[C@@H](C2)[C@@H]1OC(=O)c1ccccc1C(=O)O. The molecule has 0 spiro atoms. The first-order valence-corrected chi connectivity index (χ1v) is 7.44. The first-order valence-electron chi connectivity index (χ1n) is 7.44. The second kappa shape index (κ2) is 4.86. The molecule has 2 fully saturated rings. The smallest absolute Gasteiger partial charge is 0.339 e. The van der Waals surface area contributed by atoms with Gasteiger partial charge in [0.1, 0.15) is 6.10 Å². The predicted molar refractivity (Wildman–Crippen MR) is 77.2 cm³/mol. The van der Waals surface area contributed by atoms with E-state index in [1.165, 1.54) is 18.6 Å². The lowest BCUT2D eigenvalue weighted by Crippen LogP contribution is -2.39. The van der Waals surface area contributed by atoms with Gasteiger partial charge in [-0.15, -0.1) is 0 Å². The van der Waals surface area contributed by atoms with Crippen LogP contribution in [0.3, 0.4) is 0 Å². The number of ether oxygens (including phenoxy) is 1. The van der Waals surface area contributed by atoms with Crippen LogP contribution in [0.15, 0.2) is 24.3 Å². The van der Waals surface area contributed by atoms with Gasteiger partial charge >= 0.3 is 11.9 Å². The normalized spacial score (nSPS) is 29.3. The van der Waals surface area contributed by atoms with E-state index in [9.17, 15) is 14.7 Å². The number of carboxylic acids is 1. The molecule has 0 heterocycles. The van der Waals surface area contributed by atoms with Crippen molar-refractivity contribution in [1.29, 1.82) is 0 Å². The van der Waals surface area contributed by atoms with Gasteiger partial charge in [-0.2, -0.15) is 0 Å². The van der Waals surface area contributed by atoms with Crippen LogP contribution < -0.4 is 0 Å². The molecule has 3 atom stereocenters. The molecular formula is C17H20O4. The number of fused-ring (bicyclic) bond motifs is 2. The molecule has 112 valence electrons. The molecule has 0 radical (unpaired) electrons. The summed E-state index contributed by atoms with van der Waals surface area (Å²) in [5, 5.41) is 9.18. The number of carbonyl (C=O) groups excluding carboxylic acids is 1. The molecule has 0 aliphatic heterocycles. The Hall–Kier alpha value is -1.84. The lowest BCUT2D eigenvalue weighted by atomic mass is 9.74. The fourth-order valence-corrected chi connectivity index (χ4v) is 4.08. The maximum absolute atomic E-state index is 12.4. The largest absolute Gasteiger partial charge is 0.478 e. The van der Waals surface area contributed by atoms with Crippen LogP contribution in [0.4, 0.5) is 0 Å². The number of rotatable bonds is 3. The molecule has 4 heteroatoms. The zero-order valence-electron chi connectivity index (χ0n) is 12.3. The molecule has 4 nitrogen and oxygen atoms in total. The molecule has 2 bridgehead atoms. The summed E-state index contributed by atoms with van der Waals surface area (Å²) in [5.41, 5.74) is 0.128. The van der Waals surface area contributed by atoms with Gasteiger partial charge in [0.2, 0.25) is 0 Å². The maximum atomic E-state index is 12.4. The van der Waals surface area contributed by atoms with E-state index >= 15 is 0 Å². The highest BCUT2D eigenvalue weighted by atomic mass is 16.5. The van der Waals surface area contributed by atoms with Crippen LogP contribution in [0.2, 0.25) is 0 Å². The Kier molecular flexibility index (Phi) is 3.27. The van der Waals surface area contributed by atoms with Gasteiger partial charge in [-0.25, -0.2) is 9.59 Å². The Bertz CT molecular complexity index is 590. The Morgan fingerprint density at radius 1 is 1.19 bits per heavy atom. The van der Waals surface area contributed by atoms with Gasteiger partial charge in [-0.1, -0.05) is 26.0 Å². The Balaban J connectivity index is 1.83. The summed E-state index contributed by atoms with van der Waals surface area (Å²) in [6, 6.07) is 6.23. The summed E-state index contributed by atoms with van der Waals surface area (Å²) in [4.78, 5) is 23.6. The minimum atomic E-state index is -1.10. The van der Waals surface area contributed by atoms with Gasteiger partial charge in [-0.05, 0) is 43.2 Å². The Morgan fingerprint density at radius 3 is 2.43 bits per heavy atom. The molecule has 0 unspecified atom stereocenters. The van der Waals surface area contributed by atoms with Crippen LogP contribution in [0, 0.1) is 17.3 Å². The number of aromatic carboxylic acids is 1. The molecule has 2 saturated carbocycles. The van der Waals surface area contributed by atoms with Crippen molar-refractivity contribution < 1.29 is 19.4 Å². The molecular weight excluding hydrogens is 268 g/mol. The monoisotopic (exact) mass is 288 g/mol. The molecule has 0 saturated heterocycles. The van der Waals surface area contributed by atoms with Crippen LogP contribution in [-0.2, 0) is 4.74 Å². The summed E-state index contributed by atoms with van der Waals surface area (Å²) in [5.74, 6) is -0.589. The van der Waals surface area contributed by atoms with E-state index in [1.807, 2.05) is 0 Å². The van der Waals surface area contributed by atoms with Crippen molar-refractivity contribution in [2.24, 2.45) is 17.3 Å². The highest BCUT2D eigenvalue weighted by molar-refractivity contribution is 6.02. The number of carboxylic acid groups (broad SMARTS) is 1. The first-order chi connectivity index (χ1) is 9.91. The van der Waals surface area contributed by atoms with Crippen LogP contribution in [-0.4, -0.2) is 23.1 Å². The van der Waals surface area contributed by atoms with E-state index in [0.717, 1.165) is 12.8 Å². The van der Waals surface area contributed by atoms with E-state index in [1.54, 1.807) is 12.1 Å². The number of benzene rings is 1. The molecule has 0 amide bonds. The molecule has 21 heavy (non-hydrogen) atoms. The van der Waals surface area contributed by atoms with Crippen LogP contribution in [0.1, 0.15) is 53.8 Å². The van der Waals surface area contributed by atoms with Gasteiger partial charge in [0.05, 0.1) is 11.1 Å². The zero-order valence-corrected chi connectivity index (χ0v) is 12.3. The standard InChI is InChI=1S/C17H20O4/c1-17(2)11-8-7-10(9-11)14(17)21-16(20)13-6-4-3-5-12(13)15(18)19/h3-6,10-11,14H,7-9H2,1-2H3,(H,18,19)/t10-,11-,14-/m0/s1. The second-order valence-electron chi connectivity index (χ2n) is 6.77. The lowest BCUT2D eigenvalue weighted by Gasteiger charge is -2.37. The summed E-state index contributed by atoms with van der Waals surface area (Å²) in [6.07, 6.45) is 3.32. The van der Waals surface area contributed by atoms with E-state index in [-0.39, 0.29) is 22.6 Å². The zero-order chi connectivity index (χ0) is 15.2. The van der Waals surface area contributed by atoms with Crippen molar-refractivity contribution in [3.63, 3.8) is 0 Å². The molecule has 0 aromatic heterocycles. The van der Waals surface area contributed by atoms with Gasteiger partial charge < -0.3 is 9.84 Å². The van der Waals surface area contributed by atoms with Crippen LogP contribution in [0.25, 0.3) is 0 Å². The minimum Gasteiger partial charge on any atom is -0.478 e. The second-order valence-corrected chi connectivity index (χ2v) is 6.77. The van der Waals surface area contributed by atoms with E-state index in [2.05, 4.69) is 13.8 Å². The first kappa shape index (κ1) is 14.1. The van der Waals surface area contributed by atoms with Crippen molar-refractivity contribution in [2.75, 3.05) is 0 Å². The third kappa shape index (κ3) is 2.23. The summed E-state index contributed by atoms with van der Waals surface area (Å²) >= 11 is 0. The molecule has 1 aromatic rings. The van der Waals surface area contributed by atoms with E-state index < -0.39 is 11.9 Å². The van der Waals surface area contributed by atoms with Crippen LogP contribution >= 0.6 is 0 Å².